The van der Waals surface area contributed by atoms with Gasteiger partial charge in [0.15, 0.2) is 11.5 Å². The molecule has 1 aliphatic rings. The maximum Gasteiger partial charge on any atom is 0.251 e. The molecule has 23 heavy (non-hydrogen) atoms. The average molecular weight is 342 g/mol. The van der Waals surface area contributed by atoms with Gasteiger partial charge in [0, 0.05) is 25.2 Å². The Bertz CT molecular complexity index is 672. The Kier molecular flexibility index (Phi) is 5.48. The molecule has 0 aromatic heterocycles. The van der Waals surface area contributed by atoms with E-state index in [1.54, 1.807) is 18.2 Å². The molecule has 1 aromatic carbocycles. The predicted octanol–water partition coefficient (Wildman–Crippen LogP) is 1.06. The minimum Gasteiger partial charge on any atom is -0.454 e. The number of nitrogens with zero attached hydrogens (tertiary/aromatic N) is 1. The molecule has 1 heterocycles. The summed E-state index contributed by atoms with van der Waals surface area (Å²) < 4.78 is 35.2. The van der Waals surface area contributed by atoms with Crippen molar-refractivity contribution in [2.24, 2.45) is 5.92 Å². The van der Waals surface area contributed by atoms with Gasteiger partial charge in [-0.05, 0) is 24.1 Å². The zero-order valence-corrected chi connectivity index (χ0v) is 14.4. The van der Waals surface area contributed by atoms with E-state index in [0.717, 1.165) is 0 Å². The Hall–Kier alpha value is -1.80. The molecule has 0 saturated heterocycles. The van der Waals surface area contributed by atoms with Crippen LogP contribution < -0.4 is 14.8 Å². The summed E-state index contributed by atoms with van der Waals surface area (Å²) >= 11 is 0. The lowest BCUT2D eigenvalue weighted by Gasteiger charge is -2.22. The summed E-state index contributed by atoms with van der Waals surface area (Å²) in [6.45, 7) is 4.96. The number of nitrogens with one attached hydrogen (secondary N) is 1. The van der Waals surface area contributed by atoms with E-state index < -0.39 is 10.0 Å². The molecule has 0 atom stereocenters. The predicted molar refractivity (Wildman–Crippen MR) is 86.2 cm³/mol. The van der Waals surface area contributed by atoms with Crippen molar-refractivity contribution in [3.63, 3.8) is 0 Å². The van der Waals surface area contributed by atoms with Crippen LogP contribution in [0, 0.1) is 5.92 Å². The van der Waals surface area contributed by atoms with Crippen molar-refractivity contribution < 1.29 is 22.7 Å². The summed E-state index contributed by atoms with van der Waals surface area (Å²) in [6, 6.07) is 4.93. The first-order chi connectivity index (χ1) is 10.8. The second-order valence-corrected chi connectivity index (χ2v) is 7.82. The van der Waals surface area contributed by atoms with Crippen LogP contribution in [-0.2, 0) is 10.0 Å². The number of hydrogen-bond donors (Lipinski definition) is 1. The summed E-state index contributed by atoms with van der Waals surface area (Å²) in [5.41, 5.74) is 0.448. The number of benzene rings is 1. The van der Waals surface area contributed by atoms with Gasteiger partial charge in [-0.3, -0.25) is 4.79 Å². The lowest BCUT2D eigenvalue weighted by molar-refractivity contribution is 0.0951. The molecular weight excluding hydrogens is 320 g/mol. The number of ether oxygens (including phenoxy) is 2. The van der Waals surface area contributed by atoms with Crippen LogP contribution in [0.2, 0.25) is 0 Å². The van der Waals surface area contributed by atoms with E-state index in [1.807, 2.05) is 13.8 Å². The van der Waals surface area contributed by atoms with Gasteiger partial charge in [-0.25, -0.2) is 12.7 Å². The van der Waals surface area contributed by atoms with Gasteiger partial charge in [0.1, 0.15) is 0 Å². The largest absolute Gasteiger partial charge is 0.454 e. The van der Waals surface area contributed by atoms with Crippen LogP contribution in [0.25, 0.3) is 0 Å². The van der Waals surface area contributed by atoms with Crippen molar-refractivity contribution in [2.75, 3.05) is 32.7 Å². The molecule has 7 nitrogen and oxygen atoms in total. The third kappa shape index (κ3) is 4.84. The van der Waals surface area contributed by atoms with Crippen LogP contribution in [0.5, 0.6) is 11.5 Å². The monoisotopic (exact) mass is 342 g/mol. The summed E-state index contributed by atoms with van der Waals surface area (Å²) in [4.78, 5) is 12.1. The minimum absolute atomic E-state index is 0.152. The van der Waals surface area contributed by atoms with E-state index in [4.69, 9.17) is 9.47 Å². The molecule has 1 N–H and O–H groups in total. The zero-order chi connectivity index (χ0) is 17.0. The SMILES string of the molecule is CC(C)CN(CCNC(=O)c1ccc2c(c1)OCO2)S(C)(=O)=O. The number of hydrogen-bond acceptors (Lipinski definition) is 5. The maximum absolute atomic E-state index is 12.1. The minimum atomic E-state index is -3.29. The molecular formula is C15H22N2O5S. The molecule has 0 aliphatic carbocycles. The van der Waals surface area contributed by atoms with Crippen LogP contribution in [0.15, 0.2) is 18.2 Å². The maximum atomic E-state index is 12.1. The van der Waals surface area contributed by atoms with Crippen LogP contribution in [0.4, 0.5) is 0 Å². The molecule has 0 unspecified atom stereocenters. The van der Waals surface area contributed by atoms with E-state index in [0.29, 0.717) is 23.6 Å². The lowest BCUT2D eigenvalue weighted by atomic mass is 10.2. The number of fused-ring (bicyclic) bond motifs is 1. The first-order valence-electron chi connectivity index (χ1n) is 7.40. The fraction of sp³-hybridized carbons (Fsp3) is 0.533. The van der Waals surface area contributed by atoms with E-state index in [-0.39, 0.29) is 31.7 Å². The molecule has 0 bridgehead atoms. The standard InChI is InChI=1S/C15H22N2O5S/c1-11(2)9-17(23(3,19)20)7-6-16-15(18)12-4-5-13-14(8-12)22-10-21-13/h4-5,8,11H,6-7,9-10H2,1-3H3,(H,16,18). The average Bonchev–Trinajstić information content (AvgIpc) is 2.91. The first kappa shape index (κ1) is 17.6. The van der Waals surface area contributed by atoms with Gasteiger partial charge in [0.05, 0.1) is 6.26 Å². The molecule has 0 spiro atoms. The van der Waals surface area contributed by atoms with Gasteiger partial charge in [0.2, 0.25) is 16.8 Å². The Morgan fingerprint density at radius 1 is 1.30 bits per heavy atom. The summed E-state index contributed by atoms with van der Waals surface area (Å²) in [7, 11) is -3.29. The normalized spacial score (nSPS) is 13.6. The fourth-order valence-corrected chi connectivity index (χ4v) is 3.23. The Labute approximate surface area is 136 Å². The highest BCUT2D eigenvalue weighted by Crippen LogP contribution is 2.32. The summed E-state index contributed by atoms with van der Waals surface area (Å²) in [5, 5.41) is 2.72. The van der Waals surface area contributed by atoms with Gasteiger partial charge in [-0.15, -0.1) is 0 Å². The van der Waals surface area contributed by atoms with Crippen LogP contribution in [-0.4, -0.2) is 51.3 Å². The number of carbonyl (C=O) groups is 1. The van der Waals surface area contributed by atoms with Crippen molar-refractivity contribution >= 4 is 15.9 Å². The number of rotatable bonds is 7. The van der Waals surface area contributed by atoms with Crippen LogP contribution in [0.1, 0.15) is 24.2 Å². The molecule has 1 amide bonds. The molecule has 0 saturated carbocycles. The van der Waals surface area contributed by atoms with Crippen LogP contribution in [0.3, 0.4) is 0 Å². The molecule has 1 aliphatic heterocycles. The third-order valence-electron chi connectivity index (χ3n) is 3.32. The Morgan fingerprint density at radius 3 is 2.65 bits per heavy atom. The van der Waals surface area contributed by atoms with Gasteiger partial charge < -0.3 is 14.8 Å². The second-order valence-electron chi connectivity index (χ2n) is 5.84. The van der Waals surface area contributed by atoms with Crippen molar-refractivity contribution in [3.8, 4) is 11.5 Å². The molecule has 0 radical (unpaired) electrons. The second kappa shape index (κ2) is 7.18. The van der Waals surface area contributed by atoms with E-state index in [1.165, 1.54) is 10.6 Å². The molecule has 128 valence electrons. The van der Waals surface area contributed by atoms with Crippen LogP contribution >= 0.6 is 0 Å². The van der Waals surface area contributed by atoms with Crippen molar-refractivity contribution in [1.82, 2.24) is 9.62 Å². The number of sulfonamides is 1. The Balaban J connectivity index is 1.91. The topological polar surface area (TPSA) is 84.9 Å². The summed E-state index contributed by atoms with van der Waals surface area (Å²) in [5.74, 6) is 1.09. The quantitative estimate of drug-likeness (QED) is 0.801. The lowest BCUT2D eigenvalue weighted by Crippen LogP contribution is -2.39. The molecule has 8 heteroatoms. The van der Waals surface area contributed by atoms with Crippen molar-refractivity contribution in [2.45, 2.75) is 13.8 Å². The highest BCUT2D eigenvalue weighted by molar-refractivity contribution is 7.88. The number of amides is 1. The molecule has 0 fully saturated rings. The van der Waals surface area contributed by atoms with Gasteiger partial charge in [0.25, 0.3) is 5.91 Å². The smallest absolute Gasteiger partial charge is 0.251 e. The first-order valence-corrected chi connectivity index (χ1v) is 9.25. The number of carbonyl (C=O) groups excluding carboxylic acids is 1. The highest BCUT2D eigenvalue weighted by Gasteiger charge is 2.19. The van der Waals surface area contributed by atoms with Gasteiger partial charge in [-0.2, -0.15) is 0 Å². The Morgan fingerprint density at radius 2 is 2.00 bits per heavy atom. The zero-order valence-electron chi connectivity index (χ0n) is 13.5. The van der Waals surface area contributed by atoms with E-state index in [9.17, 15) is 13.2 Å². The van der Waals surface area contributed by atoms with Crippen molar-refractivity contribution in [1.29, 1.82) is 0 Å². The van der Waals surface area contributed by atoms with Crippen molar-refractivity contribution in [3.05, 3.63) is 23.8 Å². The van der Waals surface area contributed by atoms with Gasteiger partial charge in [-0.1, -0.05) is 13.8 Å². The summed E-state index contributed by atoms with van der Waals surface area (Å²) in [6.07, 6.45) is 1.18. The fourth-order valence-electron chi connectivity index (χ4n) is 2.23. The van der Waals surface area contributed by atoms with E-state index >= 15 is 0 Å². The molecule has 1 aromatic rings. The highest BCUT2D eigenvalue weighted by atomic mass is 32.2. The molecule has 2 rings (SSSR count). The van der Waals surface area contributed by atoms with E-state index in [2.05, 4.69) is 5.32 Å². The van der Waals surface area contributed by atoms with Gasteiger partial charge >= 0.3 is 0 Å². The third-order valence-corrected chi connectivity index (χ3v) is 4.59.